The third kappa shape index (κ3) is 12.0. The second-order valence-electron chi connectivity index (χ2n) is 37.4. The molecule has 6 aliphatic rings. The van der Waals surface area contributed by atoms with Crippen molar-refractivity contribution < 1.29 is 0 Å². The lowest BCUT2D eigenvalue weighted by molar-refractivity contribution is 0.752. The van der Waals surface area contributed by atoms with E-state index in [0.29, 0.717) is 0 Å². The molecule has 656 valence electrons. The minimum atomic E-state index is -0.611. The van der Waals surface area contributed by atoms with Gasteiger partial charge in [-0.05, 0) is 242 Å². The standard InChI is InChI=1S/2C68H46N2/c1-5-24-47(25-6-1)52-32-15-20-40-62(52)70(51-44-45-54-53-33-13-16-35-56(53)67(61(54)46-51,48-26-7-2-8-27-48)49-28-9-3-10-29-49)65-43-23-39-60-66(65)55-34-14-17-36-57(55)68(60)58-37-18-21-41-63(58)69(50-30-11-4-12-31-50)64-42-22-19-38-59(64)68;1-5-23-47(24-6-1)48-25-21-32-52(45-48)69(53-43-44-55-54-33-13-15-35-57(54)67(62(55)46-53,49-26-7-2-8-27-49)50-28-9-3-10-29-50)65-42-22-39-61-66(65)56-34-14-16-36-58(56)68(61)59-37-17-19-40-63(59)70(51-30-11-4-12-31-51)64-41-20-18-38-60(64)68/h2*1-46H. The van der Waals surface area contributed by atoms with Gasteiger partial charge in [0.2, 0.25) is 0 Å². The van der Waals surface area contributed by atoms with Crippen LogP contribution in [-0.4, -0.2) is 0 Å². The Morgan fingerprint density at radius 1 is 0.143 bits per heavy atom. The van der Waals surface area contributed by atoms with Crippen molar-refractivity contribution in [2.45, 2.75) is 21.7 Å². The summed E-state index contributed by atoms with van der Waals surface area (Å²) in [5.74, 6) is 0. The van der Waals surface area contributed by atoms with Gasteiger partial charge in [-0.2, -0.15) is 0 Å². The fourth-order valence-corrected chi connectivity index (χ4v) is 25.3. The van der Waals surface area contributed by atoms with Crippen LogP contribution in [0.3, 0.4) is 0 Å². The van der Waals surface area contributed by atoms with E-state index < -0.39 is 21.7 Å². The highest BCUT2D eigenvalue weighted by Crippen LogP contribution is 2.70. The maximum Gasteiger partial charge on any atom is 0.0755 e. The maximum absolute atomic E-state index is 2.57. The zero-order chi connectivity index (χ0) is 92.5. The number of hydrogen-bond donors (Lipinski definition) is 0. The van der Waals surface area contributed by atoms with E-state index in [4.69, 9.17) is 0 Å². The summed E-state index contributed by atoms with van der Waals surface area (Å²) in [7, 11) is 0. The molecule has 22 aromatic carbocycles. The van der Waals surface area contributed by atoms with Crippen LogP contribution in [0.15, 0.2) is 558 Å². The Morgan fingerprint density at radius 3 is 0.807 bits per heavy atom. The summed E-state index contributed by atoms with van der Waals surface area (Å²) in [6.07, 6.45) is 0. The van der Waals surface area contributed by atoms with E-state index in [0.717, 1.165) is 51.1 Å². The summed E-state index contributed by atoms with van der Waals surface area (Å²) in [6.45, 7) is 0. The van der Waals surface area contributed by atoms with Crippen molar-refractivity contribution >= 4 is 68.2 Å². The summed E-state index contributed by atoms with van der Waals surface area (Å²) >= 11 is 0. The number of rotatable bonds is 14. The Morgan fingerprint density at radius 2 is 0.407 bits per heavy atom. The molecule has 0 fully saturated rings. The lowest BCUT2D eigenvalue weighted by Gasteiger charge is -2.45. The summed E-state index contributed by atoms with van der Waals surface area (Å²) in [4.78, 5) is 10.0. The molecule has 28 rings (SSSR count). The topological polar surface area (TPSA) is 13.0 Å². The van der Waals surface area contributed by atoms with Gasteiger partial charge in [-0.25, -0.2) is 0 Å². The zero-order valence-electron chi connectivity index (χ0n) is 76.9. The van der Waals surface area contributed by atoms with Crippen molar-refractivity contribution in [1.29, 1.82) is 0 Å². The van der Waals surface area contributed by atoms with Crippen molar-refractivity contribution in [2.75, 3.05) is 19.6 Å². The van der Waals surface area contributed by atoms with Crippen LogP contribution in [0.2, 0.25) is 0 Å². The molecule has 140 heavy (non-hydrogen) atoms. The van der Waals surface area contributed by atoms with E-state index in [1.807, 2.05) is 0 Å². The average Bonchev–Trinajstić information content (AvgIpc) is 1.50. The quantitative estimate of drug-likeness (QED) is 0.108. The number of benzene rings is 22. The fourth-order valence-electron chi connectivity index (χ4n) is 25.3. The molecule has 0 bridgehead atoms. The number of fused-ring (bicyclic) bond motifs is 24. The minimum Gasteiger partial charge on any atom is -0.310 e. The highest BCUT2D eigenvalue weighted by atomic mass is 15.2. The van der Waals surface area contributed by atoms with Gasteiger partial charge in [-0.3, -0.25) is 0 Å². The SMILES string of the molecule is c1ccc(-c2cccc(N(c3ccc4c(c3)C(c3ccccc3)(c3ccccc3)c3ccccc3-4)c3cccc4c3-c3ccccc3C43c4ccccc4N(c4ccccc4)c4ccccc43)c2)cc1.c1ccc(-c2ccccc2N(c2ccc3c(c2)C(c2ccccc2)(c2ccccc2)c2ccccc2-3)c2cccc3c2-c2ccccc2C32c3ccccc3N(c3ccccc3)c3ccccc32)cc1. The van der Waals surface area contributed by atoms with Gasteiger partial charge in [0.05, 0.1) is 61.5 Å². The third-order valence-corrected chi connectivity index (χ3v) is 30.6. The van der Waals surface area contributed by atoms with Crippen LogP contribution in [0.25, 0.3) is 66.8 Å². The number of hydrogen-bond acceptors (Lipinski definition) is 4. The minimum absolute atomic E-state index is 0.558. The van der Waals surface area contributed by atoms with Crippen molar-refractivity contribution in [1.82, 2.24) is 0 Å². The summed E-state index contributed by atoms with van der Waals surface area (Å²) in [5, 5.41) is 0. The molecular formula is C136H92N4. The van der Waals surface area contributed by atoms with Gasteiger partial charge in [0.1, 0.15) is 0 Å². The Labute approximate surface area is 817 Å². The van der Waals surface area contributed by atoms with Gasteiger partial charge in [0, 0.05) is 45.1 Å². The third-order valence-electron chi connectivity index (χ3n) is 30.6. The molecule has 0 unspecified atom stereocenters. The molecule has 0 aromatic heterocycles. The maximum atomic E-state index is 2.57. The first-order chi connectivity index (χ1) is 69.5. The molecule has 0 saturated heterocycles. The second-order valence-corrected chi connectivity index (χ2v) is 37.4. The van der Waals surface area contributed by atoms with Crippen LogP contribution in [0.1, 0.15) is 89.0 Å². The Balaban J connectivity index is 0.000000141. The normalized spacial score (nSPS) is 13.9. The molecule has 0 saturated carbocycles. The van der Waals surface area contributed by atoms with Gasteiger partial charge in [0.25, 0.3) is 0 Å². The Hall–Kier alpha value is -18.0. The molecule has 2 spiro atoms. The first kappa shape index (κ1) is 81.6. The van der Waals surface area contributed by atoms with Crippen LogP contribution >= 0.6 is 0 Å². The number of nitrogens with zero attached hydrogens (tertiary/aromatic N) is 4. The molecule has 0 radical (unpaired) electrons. The monoisotopic (exact) mass is 1780 g/mol. The first-order valence-corrected chi connectivity index (χ1v) is 48.7. The second kappa shape index (κ2) is 33.0. The molecule has 4 nitrogen and oxygen atoms in total. The van der Waals surface area contributed by atoms with Crippen LogP contribution in [0.4, 0.5) is 68.2 Å². The largest absolute Gasteiger partial charge is 0.310 e. The van der Waals surface area contributed by atoms with E-state index in [-0.39, 0.29) is 0 Å². The van der Waals surface area contributed by atoms with Crippen LogP contribution in [-0.2, 0) is 21.7 Å². The van der Waals surface area contributed by atoms with Gasteiger partial charge >= 0.3 is 0 Å². The molecule has 4 aliphatic carbocycles. The smallest absolute Gasteiger partial charge is 0.0755 e. The molecule has 0 atom stereocenters. The van der Waals surface area contributed by atoms with Crippen molar-refractivity contribution in [3.63, 3.8) is 0 Å². The van der Waals surface area contributed by atoms with Gasteiger partial charge < -0.3 is 19.6 Å². The first-order valence-electron chi connectivity index (χ1n) is 48.7. The lowest BCUT2D eigenvalue weighted by atomic mass is 9.64. The summed E-state index contributed by atoms with van der Waals surface area (Å²) in [5.41, 5.74) is 46.3. The lowest BCUT2D eigenvalue weighted by Crippen LogP contribution is -2.36. The van der Waals surface area contributed by atoms with Gasteiger partial charge in [-0.1, -0.05) is 455 Å². The molecule has 22 aromatic rings. The highest BCUT2D eigenvalue weighted by Gasteiger charge is 2.56. The van der Waals surface area contributed by atoms with Gasteiger partial charge in [0.15, 0.2) is 0 Å². The molecule has 2 heterocycles. The molecule has 4 heteroatoms. The van der Waals surface area contributed by atoms with E-state index in [2.05, 4.69) is 578 Å². The average molecular weight is 1780 g/mol. The number of anilines is 12. The summed E-state index contributed by atoms with van der Waals surface area (Å²) < 4.78 is 0. The van der Waals surface area contributed by atoms with Crippen molar-refractivity contribution in [3.05, 3.63) is 647 Å². The molecular weight excluding hydrogens is 1690 g/mol. The predicted octanol–water partition coefficient (Wildman–Crippen LogP) is 34.7. The van der Waals surface area contributed by atoms with E-state index >= 15 is 0 Å². The van der Waals surface area contributed by atoms with E-state index in [1.54, 1.807) is 0 Å². The predicted molar refractivity (Wildman–Crippen MR) is 579 cm³/mol. The van der Waals surface area contributed by atoms with Crippen LogP contribution in [0.5, 0.6) is 0 Å². The zero-order valence-corrected chi connectivity index (χ0v) is 76.9. The van der Waals surface area contributed by atoms with Crippen molar-refractivity contribution in [3.8, 4) is 66.8 Å². The molecule has 0 N–H and O–H groups in total. The van der Waals surface area contributed by atoms with E-state index in [1.165, 1.54) is 173 Å². The van der Waals surface area contributed by atoms with Crippen molar-refractivity contribution in [2.24, 2.45) is 0 Å². The number of para-hydroxylation sites is 7. The molecule has 0 amide bonds. The molecule has 2 aliphatic heterocycles. The highest BCUT2D eigenvalue weighted by molar-refractivity contribution is 6.06. The van der Waals surface area contributed by atoms with Crippen LogP contribution in [0, 0.1) is 0 Å². The van der Waals surface area contributed by atoms with Crippen LogP contribution < -0.4 is 19.6 Å². The fraction of sp³-hybridized carbons (Fsp3) is 0.0294. The Kier molecular flexibility index (Phi) is 19.2. The Bertz CT molecular complexity index is 8400. The van der Waals surface area contributed by atoms with E-state index in [9.17, 15) is 0 Å². The summed E-state index contributed by atoms with van der Waals surface area (Å²) in [6, 6.07) is 207. The van der Waals surface area contributed by atoms with Gasteiger partial charge in [-0.15, -0.1) is 0 Å².